The molecule has 8 aliphatic rings. The molecule has 31 nitrogen and oxygen atoms in total. The molecule has 0 bridgehead atoms. The van der Waals surface area contributed by atoms with E-state index in [1.54, 1.807) is 85.0 Å². The van der Waals surface area contributed by atoms with Crippen LogP contribution in [0.4, 0.5) is 26.3 Å². The number of nitriles is 11. The highest BCUT2D eigenvalue weighted by atomic mass is 19.2. The van der Waals surface area contributed by atoms with Crippen molar-refractivity contribution in [3.63, 3.8) is 0 Å². The summed E-state index contributed by atoms with van der Waals surface area (Å²) in [6, 6.07) is 51.5. The number of ether oxygens (including phenoxy) is 2. The minimum absolute atomic E-state index is 0.00438. The molecule has 0 atom stereocenters. The minimum Gasteiger partial charge on any atom is -0.394 e. The van der Waals surface area contributed by atoms with Gasteiger partial charge in [-0.05, 0) is 68.1 Å². The minimum atomic E-state index is -2.23. The number of hydrogen-bond donors (Lipinski definition) is 0. The lowest BCUT2D eigenvalue weighted by Gasteiger charge is -2.24. The van der Waals surface area contributed by atoms with Gasteiger partial charge >= 0.3 is 41.8 Å². The second-order valence-electron chi connectivity index (χ2n) is 26.2. The molecule has 0 N–H and O–H groups in total. The summed E-state index contributed by atoms with van der Waals surface area (Å²) in [7, 11) is 0. The number of ketones is 1. The second kappa shape index (κ2) is 38.0. The average molecular weight is 1720 g/mol. The van der Waals surface area contributed by atoms with Gasteiger partial charge in [0, 0.05) is 49.7 Å². The Morgan fingerprint density at radius 2 is 0.634 bits per heavy atom. The van der Waals surface area contributed by atoms with Crippen molar-refractivity contribution in [2.24, 2.45) is 41.8 Å². The Kier molecular flexibility index (Phi) is 25.7. The zero-order valence-corrected chi connectivity index (χ0v) is 65.2. The maximum absolute atomic E-state index is 14.4. The van der Waals surface area contributed by atoms with Gasteiger partial charge in [0.2, 0.25) is 17.6 Å². The van der Waals surface area contributed by atoms with E-state index >= 15 is 0 Å². The monoisotopic (exact) mass is 1720 g/mol. The maximum Gasteiger partial charge on any atom is 0.378 e. The first-order valence-corrected chi connectivity index (χ1v) is 36.3. The molecule has 17 rings (SSSR count). The summed E-state index contributed by atoms with van der Waals surface area (Å²) in [6.07, 6.45) is 14.9. The molecule has 9 aromatic carbocycles. The van der Waals surface area contributed by atoms with E-state index in [0.717, 1.165) is 24.3 Å². The van der Waals surface area contributed by atoms with Crippen LogP contribution in [0.3, 0.4) is 0 Å². The number of allylic oxidation sites excluding steroid dienone is 13. The van der Waals surface area contributed by atoms with E-state index in [4.69, 9.17) is 81.5 Å². The smallest absolute Gasteiger partial charge is 0.378 e. The third-order valence-corrected chi connectivity index (χ3v) is 19.5. The quantitative estimate of drug-likeness (QED) is 0.0280. The summed E-state index contributed by atoms with van der Waals surface area (Å²) < 4.78 is 94.6. The fourth-order valence-electron chi connectivity index (χ4n) is 13.8. The summed E-state index contributed by atoms with van der Waals surface area (Å²) in [5.41, 5.74) is 2.38. The standard InChI is InChI=1S/C20H8N4.C18H10N4.C17H8N2O.C16F6N4.C14H4O6.C9N10/c1-23-17(11-21)19-13-7-3-5-9-15(13)20(18(12-22)24-2)16-10-6-4-8-14(16)19;1-21-17(11-19)15-7-3-13(4-8-15)14-5-9-16(10-6-14)18(12-20)22-2;1-19-15(10-18)16-11-6-2-4-8-13(11)17(20)14-9-5-3-7-12(14)16;17-11-7(5(1-23)2-24)13(19)15(21)10-9(11)16(22)14(20)8(12(10)18)6(3-25)4-26;15-11-5-1-2-6-10-8(14(18)20-12(6)16)4-3-7(9(5)10)13(17)19-11;1-12-6-17-8-15-4(2-10)13-7-14-5(3-11)16-9(18-6)19(7)8/h3-10H;3-10,13-14H;2-9H;;1-4H;. The van der Waals surface area contributed by atoms with Crippen molar-refractivity contribution in [1.29, 1.82) is 57.9 Å². The average Bonchev–Trinajstić information content (AvgIpc) is 0.734. The van der Waals surface area contributed by atoms with Crippen LogP contribution in [-0.2, 0) is 9.47 Å². The van der Waals surface area contributed by atoms with Gasteiger partial charge in [-0.3, -0.25) is 4.79 Å². The molecule has 610 valence electrons. The lowest BCUT2D eigenvalue weighted by molar-refractivity contribution is 0.0366. The molecule has 0 unspecified atom stereocenters. The number of guanidine groups is 4. The van der Waals surface area contributed by atoms with Gasteiger partial charge in [-0.2, -0.15) is 56.4 Å². The van der Waals surface area contributed by atoms with Gasteiger partial charge in [-0.1, -0.05) is 146 Å². The van der Waals surface area contributed by atoms with Crippen LogP contribution in [-0.4, -0.2) is 70.1 Å². The van der Waals surface area contributed by atoms with Crippen LogP contribution in [0.1, 0.15) is 68.5 Å². The molecule has 0 amide bonds. The molecule has 5 aliphatic heterocycles. The molecular weight excluding hydrogens is 1690 g/mol. The lowest BCUT2D eigenvalue weighted by atomic mass is 9.80. The summed E-state index contributed by atoms with van der Waals surface area (Å²) >= 11 is 0. The SMILES string of the molecule is N#CC(C#N)=c1c(F)c(F)c2c(F)c(=C(C#N)C#N)c(F)c(F)c2c1F.O=C1OC(=O)c2ccc3c4c(ccc1c24)C(=O)OC3=O.[C-]#[N+]C(C#N)=C1C=CC(C2C=CC(=C(C#N)[N+]#[C-])C=C2)C=C1.[C-]#[N+]C(C#N)=C1c2ccccc2C(=O)c2ccccc21.[C-]#[N+]C(C#N)=c1c2ccccc2c(=C(C#N)[N+]#[C-])c2ccccc12.[C-]#[N+]C1=NC2=NC(C#N)=NC3=NC(C#N)=NC(=N1)N32. The Bertz CT molecular complexity index is 7710. The van der Waals surface area contributed by atoms with Crippen molar-refractivity contribution >= 4 is 136 Å². The van der Waals surface area contributed by atoms with E-state index in [2.05, 4.69) is 68.5 Å². The predicted octanol–water partition coefficient (Wildman–Crippen LogP) is 13.4. The van der Waals surface area contributed by atoms with Gasteiger partial charge in [-0.25, -0.2) is 96.1 Å². The van der Waals surface area contributed by atoms with E-state index in [-0.39, 0.29) is 115 Å². The molecule has 131 heavy (non-hydrogen) atoms. The number of aliphatic imine (C=N–C) groups is 6. The van der Waals surface area contributed by atoms with Gasteiger partial charge in [-0.15, -0.1) is 16.6 Å². The van der Waals surface area contributed by atoms with E-state index in [9.17, 15) is 66.1 Å². The molecule has 0 saturated carbocycles. The summed E-state index contributed by atoms with van der Waals surface area (Å²) in [6.45, 7) is 42.6. The van der Waals surface area contributed by atoms with Crippen LogP contribution in [0.25, 0.3) is 100 Å². The Morgan fingerprint density at radius 1 is 0.328 bits per heavy atom. The molecule has 3 aliphatic carbocycles. The molecule has 37 heteroatoms. The van der Waals surface area contributed by atoms with Crippen molar-refractivity contribution in [3.05, 3.63) is 367 Å². The van der Waals surface area contributed by atoms with Crippen LogP contribution in [0, 0.1) is 211 Å². The molecule has 0 radical (unpaired) electrons. The van der Waals surface area contributed by atoms with Crippen molar-refractivity contribution in [1.82, 2.24) is 4.90 Å². The Labute approximate surface area is 730 Å². The Hall–Kier alpha value is -21.6. The fraction of sp³-hybridized carbons (Fsp3) is 0.0213. The van der Waals surface area contributed by atoms with Crippen molar-refractivity contribution in [2.45, 2.75) is 0 Å². The number of nitrogens with zero attached hydrogens (tertiary/aromatic N) is 24. The van der Waals surface area contributed by atoms with E-state index < -0.39 is 91.1 Å². The zero-order valence-electron chi connectivity index (χ0n) is 65.2. The van der Waals surface area contributed by atoms with Crippen LogP contribution in [0.2, 0.25) is 0 Å². The Balaban J connectivity index is 0.000000142. The molecular formula is C94H30F6N24O7. The number of carbonyl (C=O) groups excluding carboxylic acids is 5. The zero-order chi connectivity index (χ0) is 94.3. The maximum atomic E-state index is 14.4. The topological polar surface area (TPSA) is 469 Å². The van der Waals surface area contributed by atoms with Gasteiger partial charge in [0.1, 0.15) is 59.2 Å². The largest absolute Gasteiger partial charge is 0.394 e. The first kappa shape index (κ1) is 88.6. The first-order valence-electron chi connectivity index (χ1n) is 36.3. The van der Waals surface area contributed by atoms with Crippen LogP contribution in [0.15, 0.2) is 228 Å². The van der Waals surface area contributed by atoms with Crippen molar-refractivity contribution in [3.8, 4) is 66.8 Å². The van der Waals surface area contributed by atoms with Crippen molar-refractivity contribution in [2.75, 3.05) is 0 Å². The Morgan fingerprint density at radius 3 is 0.931 bits per heavy atom. The number of fused-ring (bicyclic) bond motifs is 5. The number of rotatable bonds is 1. The van der Waals surface area contributed by atoms with Crippen LogP contribution in [0.5, 0.6) is 0 Å². The number of amidine groups is 2. The van der Waals surface area contributed by atoms with E-state index in [1.165, 1.54) is 29.2 Å². The number of hydrogen-bond acceptors (Lipinski definition) is 25. The van der Waals surface area contributed by atoms with Gasteiger partial charge < -0.3 is 14.3 Å². The van der Waals surface area contributed by atoms with Gasteiger partial charge in [0.05, 0.1) is 107 Å². The highest BCUT2D eigenvalue weighted by Gasteiger charge is 2.40. The molecule has 0 saturated heterocycles. The normalized spacial score (nSPS) is 14.3. The number of carbonyl (C=O) groups is 5. The van der Waals surface area contributed by atoms with Crippen LogP contribution >= 0.6 is 0 Å². The van der Waals surface area contributed by atoms with Gasteiger partial charge in [0.25, 0.3) is 28.5 Å². The molecule has 0 spiro atoms. The molecule has 9 aromatic rings. The third kappa shape index (κ3) is 16.3. The first-order chi connectivity index (χ1) is 63.3. The molecule has 0 aromatic heterocycles. The van der Waals surface area contributed by atoms with E-state index in [0.29, 0.717) is 71.0 Å². The summed E-state index contributed by atoms with van der Waals surface area (Å²) in [5, 5.41) is 95.7. The number of esters is 4. The number of benzene rings is 9. The fourth-order valence-corrected chi connectivity index (χ4v) is 13.8. The highest BCUT2D eigenvalue weighted by Crippen LogP contribution is 2.40. The molecule has 5 heterocycles. The lowest BCUT2D eigenvalue weighted by Crippen LogP contribution is -2.47. The van der Waals surface area contributed by atoms with E-state index in [1.807, 2.05) is 103 Å². The summed E-state index contributed by atoms with van der Waals surface area (Å²) in [4.78, 5) is 103. The predicted molar refractivity (Wildman–Crippen MR) is 448 cm³/mol. The van der Waals surface area contributed by atoms with Crippen molar-refractivity contribution < 1.29 is 59.8 Å². The number of halogens is 6. The van der Waals surface area contributed by atoms with Gasteiger partial charge in [0.15, 0.2) is 29.1 Å². The summed E-state index contributed by atoms with van der Waals surface area (Å²) in [5.74, 6) is -16.5. The number of cyclic esters (lactones) is 4. The third-order valence-electron chi connectivity index (χ3n) is 19.5. The van der Waals surface area contributed by atoms with Crippen LogP contribution < -0.4 is 20.9 Å². The second-order valence-corrected chi connectivity index (χ2v) is 26.2. The highest BCUT2D eigenvalue weighted by molar-refractivity contribution is 6.34. The molecule has 0 fully saturated rings.